The highest BCUT2D eigenvalue weighted by atomic mass is 35.5. The fourth-order valence-corrected chi connectivity index (χ4v) is 3.28. The number of Topliss-reactive ketones (excluding diaryl/α,β-unsaturated/α-hetero) is 1. The van der Waals surface area contributed by atoms with Crippen molar-refractivity contribution in [3.8, 4) is 11.5 Å². The molecule has 160 valence electrons. The molecule has 5 heteroatoms. The van der Waals surface area contributed by atoms with Crippen LogP contribution in [0.15, 0.2) is 42.5 Å². The molecule has 2 rings (SSSR count). The number of hydrogen-bond acceptors (Lipinski definition) is 4. The molecule has 2 aromatic carbocycles. The summed E-state index contributed by atoms with van der Waals surface area (Å²) in [4.78, 5) is 12.1. The van der Waals surface area contributed by atoms with Crippen molar-refractivity contribution in [1.82, 2.24) is 5.32 Å². The van der Waals surface area contributed by atoms with Crippen molar-refractivity contribution in [2.45, 2.75) is 53.0 Å². The number of halogens is 1. The van der Waals surface area contributed by atoms with Gasteiger partial charge in [-0.05, 0) is 76.8 Å². The molecule has 0 aliphatic rings. The molecule has 4 nitrogen and oxygen atoms in total. The predicted molar refractivity (Wildman–Crippen MR) is 122 cm³/mol. The SMILES string of the molecule is CCOc1cc([C@@H](C)NCCCCc2ccccc2)cc(OCC)c1C(C)=O.Cl. The van der Waals surface area contributed by atoms with Crippen molar-refractivity contribution in [2.75, 3.05) is 19.8 Å². The van der Waals surface area contributed by atoms with Crippen LogP contribution in [0, 0.1) is 0 Å². The van der Waals surface area contributed by atoms with Crippen molar-refractivity contribution in [3.63, 3.8) is 0 Å². The molecule has 1 atom stereocenters. The first-order chi connectivity index (χ1) is 13.6. The van der Waals surface area contributed by atoms with Crippen LogP contribution in [0.2, 0.25) is 0 Å². The molecule has 0 fully saturated rings. The zero-order valence-electron chi connectivity index (χ0n) is 18.0. The average molecular weight is 420 g/mol. The summed E-state index contributed by atoms with van der Waals surface area (Å²) in [6, 6.07) is 14.7. The number of rotatable bonds is 12. The van der Waals surface area contributed by atoms with Crippen LogP contribution in [0.4, 0.5) is 0 Å². The summed E-state index contributed by atoms with van der Waals surface area (Å²) >= 11 is 0. The molecular weight excluding hydrogens is 386 g/mol. The molecular formula is C24H34ClNO3. The maximum atomic E-state index is 12.1. The molecule has 0 saturated heterocycles. The van der Waals surface area contributed by atoms with Crippen LogP contribution in [0.25, 0.3) is 0 Å². The molecule has 0 bridgehead atoms. The van der Waals surface area contributed by atoms with Crippen LogP contribution in [0.1, 0.15) is 68.1 Å². The Hall–Kier alpha value is -2.04. The Morgan fingerprint density at radius 1 is 1.00 bits per heavy atom. The minimum absolute atomic E-state index is 0. The maximum absolute atomic E-state index is 12.1. The molecule has 0 aliphatic carbocycles. The van der Waals surface area contributed by atoms with Crippen LogP contribution >= 0.6 is 12.4 Å². The lowest BCUT2D eigenvalue weighted by Gasteiger charge is -2.20. The lowest BCUT2D eigenvalue weighted by molar-refractivity contribution is 0.101. The lowest BCUT2D eigenvalue weighted by atomic mass is 10.0. The first kappa shape index (κ1) is 25.0. The molecule has 2 aromatic rings. The third-order valence-electron chi connectivity index (χ3n) is 4.73. The second-order valence-electron chi connectivity index (χ2n) is 6.93. The summed E-state index contributed by atoms with van der Waals surface area (Å²) in [6.07, 6.45) is 3.37. The fraction of sp³-hybridized carbons (Fsp3) is 0.458. The van der Waals surface area contributed by atoms with E-state index in [2.05, 4.69) is 42.6 Å². The summed E-state index contributed by atoms with van der Waals surface area (Å²) in [5, 5.41) is 3.58. The van der Waals surface area contributed by atoms with Crippen LogP contribution in [0.3, 0.4) is 0 Å². The molecule has 0 radical (unpaired) electrons. The van der Waals surface area contributed by atoms with E-state index in [1.807, 2.05) is 26.0 Å². The van der Waals surface area contributed by atoms with Gasteiger partial charge in [0, 0.05) is 6.04 Å². The molecule has 0 aliphatic heterocycles. The van der Waals surface area contributed by atoms with Gasteiger partial charge in [-0.15, -0.1) is 12.4 Å². The number of carbonyl (C=O) groups excluding carboxylic acids is 1. The maximum Gasteiger partial charge on any atom is 0.167 e. The highest BCUT2D eigenvalue weighted by Gasteiger charge is 2.19. The van der Waals surface area contributed by atoms with E-state index in [9.17, 15) is 4.79 Å². The molecule has 0 unspecified atom stereocenters. The molecule has 0 amide bonds. The quantitative estimate of drug-likeness (QED) is 0.350. The van der Waals surface area contributed by atoms with Gasteiger partial charge in [0.2, 0.25) is 0 Å². The van der Waals surface area contributed by atoms with Gasteiger partial charge in [0.25, 0.3) is 0 Å². The van der Waals surface area contributed by atoms with Crippen molar-refractivity contribution in [3.05, 3.63) is 59.2 Å². The fourth-order valence-electron chi connectivity index (χ4n) is 3.28. The summed E-state index contributed by atoms with van der Waals surface area (Å²) in [5.74, 6) is 1.17. The molecule has 0 spiro atoms. The Kier molecular flexibility index (Phi) is 11.4. The van der Waals surface area contributed by atoms with E-state index in [1.165, 1.54) is 5.56 Å². The van der Waals surface area contributed by atoms with E-state index in [1.54, 1.807) is 6.92 Å². The van der Waals surface area contributed by atoms with Gasteiger partial charge >= 0.3 is 0 Å². The number of ether oxygens (including phenoxy) is 2. The van der Waals surface area contributed by atoms with E-state index >= 15 is 0 Å². The number of ketones is 1. The van der Waals surface area contributed by atoms with Crippen molar-refractivity contribution < 1.29 is 14.3 Å². The van der Waals surface area contributed by atoms with E-state index in [-0.39, 0.29) is 24.2 Å². The zero-order valence-corrected chi connectivity index (χ0v) is 18.8. The van der Waals surface area contributed by atoms with Crippen LogP contribution in [0.5, 0.6) is 11.5 Å². The largest absolute Gasteiger partial charge is 0.493 e. The lowest BCUT2D eigenvalue weighted by Crippen LogP contribution is -2.20. The minimum atomic E-state index is -0.0417. The summed E-state index contributed by atoms with van der Waals surface area (Å²) in [6.45, 7) is 9.49. The van der Waals surface area contributed by atoms with Gasteiger partial charge in [0.15, 0.2) is 5.78 Å². The predicted octanol–water partition coefficient (Wildman–Crippen LogP) is 5.78. The van der Waals surface area contributed by atoms with E-state index in [0.29, 0.717) is 30.3 Å². The van der Waals surface area contributed by atoms with Crippen molar-refractivity contribution >= 4 is 18.2 Å². The third-order valence-corrected chi connectivity index (χ3v) is 4.73. The molecule has 1 N–H and O–H groups in total. The highest BCUT2D eigenvalue weighted by molar-refractivity contribution is 5.99. The smallest absolute Gasteiger partial charge is 0.167 e. The van der Waals surface area contributed by atoms with Gasteiger partial charge in [-0.2, -0.15) is 0 Å². The molecule has 0 heterocycles. The molecule has 0 saturated carbocycles. The minimum Gasteiger partial charge on any atom is -0.493 e. The number of unbranched alkanes of at least 4 members (excludes halogenated alkanes) is 1. The van der Waals surface area contributed by atoms with Crippen LogP contribution < -0.4 is 14.8 Å². The standard InChI is InChI=1S/C24H33NO3.ClH/c1-5-27-22-16-21(17-23(28-6-2)24(22)19(4)26)18(3)25-15-11-10-14-20-12-8-7-9-13-20;/h7-9,12-13,16-18,25H,5-6,10-11,14-15H2,1-4H3;1H/t18-;/m1./s1. The van der Waals surface area contributed by atoms with E-state index in [0.717, 1.165) is 31.4 Å². The topological polar surface area (TPSA) is 47.6 Å². The first-order valence-electron chi connectivity index (χ1n) is 10.3. The molecule has 29 heavy (non-hydrogen) atoms. The molecule has 0 aromatic heterocycles. The summed E-state index contributed by atoms with van der Waals surface area (Å²) < 4.78 is 11.5. The second kappa shape index (κ2) is 13.2. The third kappa shape index (κ3) is 7.71. The monoisotopic (exact) mass is 419 g/mol. The van der Waals surface area contributed by atoms with Gasteiger partial charge in [0.1, 0.15) is 17.1 Å². The Morgan fingerprint density at radius 2 is 1.59 bits per heavy atom. The van der Waals surface area contributed by atoms with Gasteiger partial charge < -0.3 is 14.8 Å². The Labute approximate surface area is 181 Å². The number of benzene rings is 2. The van der Waals surface area contributed by atoms with Gasteiger partial charge in [-0.1, -0.05) is 30.3 Å². The number of aryl methyl sites for hydroxylation is 1. The number of carbonyl (C=O) groups is 1. The van der Waals surface area contributed by atoms with E-state index < -0.39 is 0 Å². The second-order valence-corrected chi connectivity index (χ2v) is 6.93. The van der Waals surface area contributed by atoms with Crippen molar-refractivity contribution in [2.24, 2.45) is 0 Å². The van der Waals surface area contributed by atoms with E-state index in [4.69, 9.17) is 9.47 Å². The van der Waals surface area contributed by atoms with Crippen LogP contribution in [-0.4, -0.2) is 25.5 Å². The first-order valence-corrected chi connectivity index (χ1v) is 10.3. The normalized spacial score (nSPS) is 11.4. The number of hydrogen-bond donors (Lipinski definition) is 1. The summed E-state index contributed by atoms with van der Waals surface area (Å²) in [7, 11) is 0. The Morgan fingerprint density at radius 3 is 2.10 bits per heavy atom. The van der Waals surface area contributed by atoms with Crippen molar-refractivity contribution in [1.29, 1.82) is 0 Å². The summed E-state index contributed by atoms with van der Waals surface area (Å²) in [5.41, 5.74) is 2.99. The zero-order chi connectivity index (χ0) is 20.4. The van der Waals surface area contributed by atoms with Gasteiger partial charge in [-0.3, -0.25) is 4.79 Å². The Balaban J connectivity index is 0.00000420. The Bertz CT molecular complexity index is 722. The highest BCUT2D eigenvalue weighted by Crippen LogP contribution is 2.33. The number of nitrogens with one attached hydrogen (secondary N) is 1. The average Bonchev–Trinajstić information content (AvgIpc) is 2.68. The van der Waals surface area contributed by atoms with Gasteiger partial charge in [0.05, 0.1) is 13.2 Å². The van der Waals surface area contributed by atoms with Crippen LogP contribution in [-0.2, 0) is 6.42 Å². The van der Waals surface area contributed by atoms with Gasteiger partial charge in [-0.25, -0.2) is 0 Å².